The molecule has 0 aromatic heterocycles. The Morgan fingerprint density at radius 2 is 1.77 bits per heavy atom. The average Bonchev–Trinajstić information content (AvgIpc) is 2.61. The first-order valence-electron chi connectivity index (χ1n) is 8.39. The van der Waals surface area contributed by atoms with Crippen LogP contribution in [0, 0.1) is 13.8 Å². The van der Waals surface area contributed by atoms with Crippen molar-refractivity contribution in [2.24, 2.45) is 0 Å². The van der Waals surface area contributed by atoms with Gasteiger partial charge in [0.2, 0.25) is 10.0 Å². The highest BCUT2D eigenvalue weighted by Crippen LogP contribution is 2.18. The van der Waals surface area contributed by atoms with E-state index < -0.39 is 10.0 Å². The van der Waals surface area contributed by atoms with Crippen molar-refractivity contribution in [2.45, 2.75) is 20.8 Å². The molecule has 0 aliphatic rings. The van der Waals surface area contributed by atoms with Crippen molar-refractivity contribution in [3.05, 3.63) is 59.2 Å². The Balaban J connectivity index is 1.83. The van der Waals surface area contributed by atoms with Gasteiger partial charge in [-0.15, -0.1) is 0 Å². The number of carbonyl (C=O) groups excluding carboxylic acids is 1. The van der Waals surface area contributed by atoms with Gasteiger partial charge in [0.05, 0.1) is 12.3 Å². The van der Waals surface area contributed by atoms with E-state index in [-0.39, 0.29) is 11.7 Å². The number of benzene rings is 2. The van der Waals surface area contributed by atoms with Crippen LogP contribution in [0.3, 0.4) is 0 Å². The zero-order valence-electron chi connectivity index (χ0n) is 15.2. The standard InChI is InChI=1S/C19H24N2O4S/c1-4-26(23,24)21-17-9-7-16(8-10-17)19(22)20-11-12-25-18-13-14(2)5-6-15(18)3/h5-10,13,21H,4,11-12H2,1-3H3,(H,20,22). The van der Waals surface area contributed by atoms with Gasteiger partial charge in [0.1, 0.15) is 12.4 Å². The van der Waals surface area contributed by atoms with Crippen LogP contribution in [0.5, 0.6) is 5.75 Å². The SMILES string of the molecule is CCS(=O)(=O)Nc1ccc(C(=O)NCCOc2cc(C)ccc2C)cc1. The van der Waals surface area contributed by atoms with Gasteiger partial charge in [-0.25, -0.2) is 8.42 Å². The second-order valence-electron chi connectivity index (χ2n) is 5.96. The largest absolute Gasteiger partial charge is 0.491 e. The number of sulfonamides is 1. The van der Waals surface area contributed by atoms with E-state index in [0.29, 0.717) is 24.4 Å². The zero-order chi connectivity index (χ0) is 19.2. The molecule has 0 saturated carbocycles. The maximum atomic E-state index is 12.1. The third kappa shape index (κ3) is 5.77. The minimum absolute atomic E-state index is 0.00431. The molecule has 0 bridgehead atoms. The van der Waals surface area contributed by atoms with Crippen molar-refractivity contribution in [2.75, 3.05) is 23.6 Å². The highest BCUT2D eigenvalue weighted by Gasteiger charge is 2.09. The lowest BCUT2D eigenvalue weighted by atomic mass is 10.1. The first kappa shape index (κ1) is 19.8. The van der Waals surface area contributed by atoms with E-state index in [0.717, 1.165) is 16.9 Å². The summed E-state index contributed by atoms with van der Waals surface area (Å²) >= 11 is 0. The fraction of sp³-hybridized carbons (Fsp3) is 0.316. The molecule has 0 aliphatic heterocycles. The van der Waals surface area contributed by atoms with Gasteiger partial charge in [0.15, 0.2) is 0 Å². The van der Waals surface area contributed by atoms with Crippen molar-refractivity contribution < 1.29 is 17.9 Å². The number of aryl methyl sites for hydroxylation is 2. The van der Waals surface area contributed by atoms with Gasteiger partial charge < -0.3 is 10.1 Å². The van der Waals surface area contributed by atoms with Crippen LogP contribution >= 0.6 is 0 Å². The summed E-state index contributed by atoms with van der Waals surface area (Å²) in [5.74, 6) is 0.571. The van der Waals surface area contributed by atoms with Crippen molar-refractivity contribution in [1.29, 1.82) is 0 Å². The normalized spacial score (nSPS) is 11.0. The number of carbonyl (C=O) groups is 1. The van der Waals surface area contributed by atoms with Crippen LogP contribution in [-0.4, -0.2) is 33.2 Å². The Morgan fingerprint density at radius 3 is 2.42 bits per heavy atom. The quantitative estimate of drug-likeness (QED) is 0.694. The minimum atomic E-state index is -3.32. The molecule has 6 nitrogen and oxygen atoms in total. The smallest absolute Gasteiger partial charge is 0.251 e. The Bertz CT molecular complexity index is 862. The summed E-state index contributed by atoms with van der Waals surface area (Å²) in [7, 11) is -3.32. The van der Waals surface area contributed by atoms with Crippen LogP contribution in [0.15, 0.2) is 42.5 Å². The molecule has 2 N–H and O–H groups in total. The molecule has 2 aromatic rings. The molecule has 2 rings (SSSR count). The number of ether oxygens (including phenoxy) is 1. The summed E-state index contributed by atoms with van der Waals surface area (Å²) in [6, 6.07) is 12.3. The topological polar surface area (TPSA) is 84.5 Å². The first-order chi connectivity index (χ1) is 12.3. The van der Waals surface area contributed by atoms with Gasteiger partial charge in [-0.1, -0.05) is 12.1 Å². The van der Waals surface area contributed by atoms with E-state index in [1.165, 1.54) is 0 Å². The van der Waals surface area contributed by atoms with Crippen LogP contribution in [-0.2, 0) is 10.0 Å². The summed E-state index contributed by atoms with van der Waals surface area (Å²) in [5, 5.41) is 2.78. The van der Waals surface area contributed by atoms with Gasteiger partial charge in [-0.2, -0.15) is 0 Å². The molecule has 0 heterocycles. The Hall–Kier alpha value is -2.54. The predicted molar refractivity (Wildman–Crippen MR) is 103 cm³/mol. The number of amides is 1. The van der Waals surface area contributed by atoms with E-state index >= 15 is 0 Å². The molecule has 26 heavy (non-hydrogen) atoms. The second kappa shape index (κ2) is 8.71. The van der Waals surface area contributed by atoms with Gasteiger partial charge >= 0.3 is 0 Å². The molecule has 0 aliphatic carbocycles. The lowest BCUT2D eigenvalue weighted by molar-refractivity contribution is 0.0947. The average molecular weight is 376 g/mol. The molecule has 1 amide bonds. The van der Waals surface area contributed by atoms with Crippen molar-refractivity contribution in [3.8, 4) is 5.75 Å². The van der Waals surface area contributed by atoms with Crippen molar-refractivity contribution in [3.63, 3.8) is 0 Å². The van der Waals surface area contributed by atoms with Crippen LogP contribution in [0.25, 0.3) is 0 Å². The molecule has 0 unspecified atom stereocenters. The van der Waals surface area contributed by atoms with Crippen LogP contribution in [0.1, 0.15) is 28.4 Å². The summed E-state index contributed by atoms with van der Waals surface area (Å²) in [4.78, 5) is 12.1. The van der Waals surface area contributed by atoms with Crippen molar-refractivity contribution in [1.82, 2.24) is 5.32 Å². The number of hydrogen-bond acceptors (Lipinski definition) is 4. The molecule has 0 atom stereocenters. The lowest BCUT2D eigenvalue weighted by Gasteiger charge is -2.11. The molecule has 0 spiro atoms. The van der Waals surface area contributed by atoms with Gasteiger partial charge in [-0.05, 0) is 62.2 Å². The van der Waals surface area contributed by atoms with E-state index in [9.17, 15) is 13.2 Å². The predicted octanol–water partition coefficient (Wildman–Crippen LogP) is 2.87. The molecular weight excluding hydrogens is 352 g/mol. The summed E-state index contributed by atoms with van der Waals surface area (Å²) in [5.41, 5.74) is 3.05. The second-order valence-corrected chi connectivity index (χ2v) is 7.97. The highest BCUT2D eigenvalue weighted by atomic mass is 32.2. The Morgan fingerprint density at radius 1 is 1.08 bits per heavy atom. The fourth-order valence-corrected chi connectivity index (χ4v) is 2.87. The first-order valence-corrected chi connectivity index (χ1v) is 10.0. The van der Waals surface area contributed by atoms with Gasteiger partial charge in [-0.3, -0.25) is 9.52 Å². The summed E-state index contributed by atoms with van der Waals surface area (Å²) in [6.45, 7) is 6.27. The highest BCUT2D eigenvalue weighted by molar-refractivity contribution is 7.92. The third-order valence-corrected chi connectivity index (χ3v) is 5.10. The van der Waals surface area contributed by atoms with Gasteiger partial charge in [0, 0.05) is 11.3 Å². The minimum Gasteiger partial charge on any atom is -0.491 e. The molecule has 0 radical (unpaired) electrons. The Kier molecular flexibility index (Phi) is 6.63. The number of nitrogens with one attached hydrogen (secondary N) is 2. The molecule has 7 heteroatoms. The van der Waals surface area contributed by atoms with E-state index in [1.54, 1.807) is 31.2 Å². The summed E-state index contributed by atoms with van der Waals surface area (Å²) < 4.78 is 31.2. The monoisotopic (exact) mass is 376 g/mol. The van der Waals surface area contributed by atoms with E-state index in [1.807, 2.05) is 32.0 Å². The van der Waals surface area contributed by atoms with Crippen molar-refractivity contribution >= 4 is 21.6 Å². The molecule has 0 saturated heterocycles. The number of anilines is 1. The fourth-order valence-electron chi connectivity index (χ4n) is 2.23. The maximum Gasteiger partial charge on any atom is 0.251 e. The molecular formula is C19H24N2O4S. The zero-order valence-corrected chi connectivity index (χ0v) is 16.0. The number of hydrogen-bond donors (Lipinski definition) is 2. The molecule has 2 aromatic carbocycles. The lowest BCUT2D eigenvalue weighted by Crippen LogP contribution is -2.28. The molecule has 140 valence electrons. The summed E-state index contributed by atoms with van der Waals surface area (Å²) in [6.07, 6.45) is 0. The van der Waals surface area contributed by atoms with E-state index in [2.05, 4.69) is 10.0 Å². The van der Waals surface area contributed by atoms with Crippen LogP contribution in [0.2, 0.25) is 0 Å². The third-order valence-electron chi connectivity index (χ3n) is 3.79. The van der Waals surface area contributed by atoms with Crippen LogP contribution < -0.4 is 14.8 Å². The number of rotatable bonds is 8. The van der Waals surface area contributed by atoms with Gasteiger partial charge in [0.25, 0.3) is 5.91 Å². The Labute approximate surface area is 154 Å². The van der Waals surface area contributed by atoms with Crippen LogP contribution in [0.4, 0.5) is 5.69 Å². The molecule has 0 fully saturated rings. The van der Waals surface area contributed by atoms with E-state index in [4.69, 9.17) is 4.74 Å². The maximum absolute atomic E-state index is 12.1.